The van der Waals surface area contributed by atoms with Crippen LogP contribution in [0.25, 0.3) is 0 Å². The maximum absolute atomic E-state index is 13.2. The van der Waals surface area contributed by atoms with Crippen LogP contribution in [0.3, 0.4) is 0 Å². The van der Waals surface area contributed by atoms with Gasteiger partial charge in [0.25, 0.3) is 10.0 Å². The second-order valence-corrected chi connectivity index (χ2v) is 8.52. The van der Waals surface area contributed by atoms with Crippen molar-refractivity contribution in [2.45, 2.75) is 38.1 Å². The van der Waals surface area contributed by atoms with Crippen LogP contribution < -0.4 is 14.5 Å². The fourth-order valence-corrected chi connectivity index (χ4v) is 4.71. The Hall–Kier alpha value is -2.87. The summed E-state index contributed by atoms with van der Waals surface area (Å²) < 4.78 is 27.2. The molecule has 2 aromatic carbocycles. The van der Waals surface area contributed by atoms with Gasteiger partial charge in [0.2, 0.25) is 5.91 Å². The van der Waals surface area contributed by atoms with Gasteiger partial charge in [-0.2, -0.15) is 4.31 Å². The van der Waals surface area contributed by atoms with Gasteiger partial charge in [-0.3, -0.25) is 9.69 Å². The number of aryl methyl sites for hydroxylation is 1. The molecule has 0 aliphatic carbocycles. The van der Waals surface area contributed by atoms with E-state index in [1.165, 1.54) is 17.0 Å². The van der Waals surface area contributed by atoms with Gasteiger partial charge < -0.3 is 5.32 Å². The number of hydrogen-bond donors (Lipinski definition) is 1. The molecule has 1 N–H and O–H groups in total. The Balaban J connectivity index is 2.09. The molecule has 148 valence electrons. The number of carbonyl (C=O) groups excluding carboxylic acids is 2. The van der Waals surface area contributed by atoms with Crippen molar-refractivity contribution in [3.63, 3.8) is 0 Å². The zero-order valence-corrected chi connectivity index (χ0v) is 16.9. The number of para-hydroxylation sites is 2. The molecule has 3 rings (SSSR count). The van der Waals surface area contributed by atoms with Crippen molar-refractivity contribution >= 4 is 33.3 Å². The van der Waals surface area contributed by atoms with Crippen LogP contribution in [0.15, 0.2) is 53.4 Å². The van der Waals surface area contributed by atoms with Gasteiger partial charge >= 0.3 is 6.03 Å². The number of fused-ring (bicyclic) bond motifs is 1. The summed E-state index contributed by atoms with van der Waals surface area (Å²) in [5, 5.41) is 2.81. The highest BCUT2D eigenvalue weighted by molar-refractivity contribution is 7.94. The highest BCUT2D eigenvalue weighted by Crippen LogP contribution is 2.37. The number of nitrogens with zero attached hydrogens (tertiary/aromatic N) is 2. The Kier molecular flexibility index (Phi) is 5.42. The number of hydrogen-bond acceptors (Lipinski definition) is 4. The number of carbonyl (C=O) groups is 2. The Morgan fingerprint density at radius 2 is 1.68 bits per heavy atom. The third kappa shape index (κ3) is 3.47. The van der Waals surface area contributed by atoms with Crippen molar-refractivity contribution in [1.29, 1.82) is 0 Å². The largest absolute Gasteiger partial charge is 0.352 e. The van der Waals surface area contributed by atoms with Crippen LogP contribution in [0, 0.1) is 6.92 Å². The molecule has 0 radical (unpaired) electrons. The van der Waals surface area contributed by atoms with Gasteiger partial charge in [-0.25, -0.2) is 13.2 Å². The van der Waals surface area contributed by atoms with Crippen LogP contribution in [-0.2, 0) is 14.8 Å². The van der Waals surface area contributed by atoms with Crippen LogP contribution >= 0.6 is 0 Å². The van der Waals surface area contributed by atoms with Crippen LogP contribution in [0.5, 0.6) is 0 Å². The van der Waals surface area contributed by atoms with E-state index >= 15 is 0 Å². The maximum Gasteiger partial charge on any atom is 0.343 e. The molecule has 0 bridgehead atoms. The highest BCUT2D eigenvalue weighted by Gasteiger charge is 2.43. The van der Waals surface area contributed by atoms with Gasteiger partial charge in [0.05, 0.1) is 11.4 Å². The quantitative estimate of drug-likeness (QED) is 0.834. The van der Waals surface area contributed by atoms with Crippen molar-refractivity contribution in [1.82, 2.24) is 5.32 Å². The van der Waals surface area contributed by atoms with E-state index in [0.29, 0.717) is 5.56 Å². The minimum Gasteiger partial charge on any atom is -0.352 e. The molecule has 0 spiro atoms. The summed E-state index contributed by atoms with van der Waals surface area (Å²) in [5.41, 5.74) is 1.12. The first kappa shape index (κ1) is 19.9. The van der Waals surface area contributed by atoms with E-state index in [4.69, 9.17) is 0 Å². The molecule has 0 aromatic heterocycles. The summed E-state index contributed by atoms with van der Waals surface area (Å²) in [5.74, 6) is -0.346. The van der Waals surface area contributed by atoms with Gasteiger partial charge in [-0.1, -0.05) is 37.3 Å². The fraction of sp³-hybridized carbons (Fsp3) is 0.300. The second-order valence-electron chi connectivity index (χ2n) is 6.77. The summed E-state index contributed by atoms with van der Waals surface area (Å²) in [7, 11) is -4.09. The van der Waals surface area contributed by atoms with Crippen molar-refractivity contribution < 1.29 is 18.0 Å². The zero-order chi connectivity index (χ0) is 20.5. The molecule has 8 heteroatoms. The van der Waals surface area contributed by atoms with Gasteiger partial charge in [0.1, 0.15) is 11.4 Å². The average molecular weight is 401 g/mol. The molecule has 0 saturated carbocycles. The van der Waals surface area contributed by atoms with Gasteiger partial charge in [0, 0.05) is 6.04 Å². The fourth-order valence-electron chi connectivity index (χ4n) is 3.05. The highest BCUT2D eigenvalue weighted by atomic mass is 32.2. The molecule has 2 aromatic rings. The van der Waals surface area contributed by atoms with Crippen molar-refractivity contribution in [3.05, 3.63) is 54.1 Å². The van der Waals surface area contributed by atoms with E-state index in [9.17, 15) is 18.0 Å². The van der Waals surface area contributed by atoms with E-state index in [-0.39, 0.29) is 34.8 Å². The van der Waals surface area contributed by atoms with Crippen molar-refractivity contribution in [3.8, 4) is 0 Å². The van der Waals surface area contributed by atoms with E-state index < -0.39 is 16.1 Å². The molecular weight excluding hydrogens is 378 g/mol. The SMILES string of the molecule is CCC(C)NC(=O)CN1C(=O)N(c2ccccc2C)S(=O)(=O)c2ccccc21. The molecule has 1 aliphatic heterocycles. The first-order valence-corrected chi connectivity index (χ1v) is 10.5. The second kappa shape index (κ2) is 7.63. The van der Waals surface area contributed by atoms with Crippen LogP contribution in [0.1, 0.15) is 25.8 Å². The minimum absolute atomic E-state index is 0.00538. The lowest BCUT2D eigenvalue weighted by Gasteiger charge is -2.36. The molecule has 1 atom stereocenters. The standard InChI is InChI=1S/C20H23N3O4S/c1-4-15(3)21-19(24)13-22-17-11-7-8-12-18(17)28(26,27)23(20(22)25)16-10-6-5-9-14(16)2/h5-12,15H,4,13H2,1-3H3,(H,21,24). The molecule has 1 aliphatic rings. The topological polar surface area (TPSA) is 86.8 Å². The zero-order valence-electron chi connectivity index (χ0n) is 16.0. The predicted molar refractivity (Wildman–Crippen MR) is 108 cm³/mol. The van der Waals surface area contributed by atoms with Crippen LogP contribution in [0.2, 0.25) is 0 Å². The summed E-state index contributed by atoms with van der Waals surface area (Å²) in [6, 6.07) is 12.2. The van der Waals surface area contributed by atoms with Gasteiger partial charge in [0.15, 0.2) is 0 Å². The Morgan fingerprint density at radius 1 is 1.07 bits per heavy atom. The first-order valence-electron chi connectivity index (χ1n) is 9.08. The van der Waals surface area contributed by atoms with E-state index in [2.05, 4.69) is 5.32 Å². The lowest BCUT2D eigenvalue weighted by molar-refractivity contribution is -0.120. The Morgan fingerprint density at radius 3 is 2.32 bits per heavy atom. The summed E-state index contributed by atoms with van der Waals surface area (Å²) >= 11 is 0. The molecule has 0 fully saturated rings. The number of urea groups is 1. The molecule has 28 heavy (non-hydrogen) atoms. The third-order valence-corrected chi connectivity index (χ3v) is 6.47. The Bertz CT molecular complexity index is 1020. The van der Waals surface area contributed by atoms with Gasteiger partial charge in [-0.05, 0) is 44.0 Å². The van der Waals surface area contributed by atoms with Crippen LogP contribution in [0.4, 0.5) is 16.2 Å². The van der Waals surface area contributed by atoms with E-state index in [1.54, 1.807) is 43.3 Å². The summed E-state index contributed by atoms with van der Waals surface area (Å²) in [6.07, 6.45) is 0.750. The predicted octanol–water partition coefficient (Wildman–Crippen LogP) is 3.05. The van der Waals surface area contributed by atoms with E-state index in [1.807, 2.05) is 13.8 Å². The number of anilines is 2. The number of nitrogens with one attached hydrogen (secondary N) is 1. The molecule has 1 unspecified atom stereocenters. The molecule has 7 nitrogen and oxygen atoms in total. The summed E-state index contributed by atoms with van der Waals surface area (Å²) in [6.45, 7) is 5.28. The Labute approximate surface area is 165 Å². The number of sulfonamides is 1. The molecule has 3 amide bonds. The average Bonchev–Trinajstić information content (AvgIpc) is 2.66. The first-order chi connectivity index (χ1) is 13.3. The number of benzene rings is 2. The van der Waals surface area contributed by atoms with Crippen molar-refractivity contribution in [2.75, 3.05) is 15.7 Å². The normalized spacial score (nSPS) is 16.5. The molecule has 1 heterocycles. The third-order valence-electron chi connectivity index (χ3n) is 4.73. The molecular formula is C20H23N3O4S. The summed E-state index contributed by atoms with van der Waals surface area (Å²) in [4.78, 5) is 26.9. The lowest BCUT2D eigenvalue weighted by Crippen LogP contribution is -2.54. The minimum atomic E-state index is -4.09. The number of amides is 3. The lowest BCUT2D eigenvalue weighted by atomic mass is 10.2. The monoisotopic (exact) mass is 401 g/mol. The van der Waals surface area contributed by atoms with E-state index in [0.717, 1.165) is 10.7 Å². The van der Waals surface area contributed by atoms with Gasteiger partial charge in [-0.15, -0.1) is 0 Å². The maximum atomic E-state index is 13.2. The number of rotatable bonds is 5. The smallest absolute Gasteiger partial charge is 0.343 e. The van der Waals surface area contributed by atoms with Crippen molar-refractivity contribution in [2.24, 2.45) is 0 Å². The molecule has 0 saturated heterocycles. The van der Waals surface area contributed by atoms with Crippen LogP contribution in [-0.4, -0.2) is 32.9 Å².